The van der Waals surface area contributed by atoms with Crippen molar-refractivity contribution in [3.05, 3.63) is 28.5 Å². The molecule has 1 fully saturated rings. The largest absolute Gasteiger partial charge is 0.481 e. The van der Waals surface area contributed by atoms with Gasteiger partial charge in [-0.05, 0) is 47.0 Å². The highest BCUT2D eigenvalue weighted by atomic mass is 79.9. The molecule has 1 aliphatic rings. The Hall–Kier alpha value is -1.43. The number of nitrogens with one attached hydrogen (secondary N) is 1. The lowest BCUT2D eigenvalue weighted by Crippen LogP contribution is -2.32. The quantitative estimate of drug-likeness (QED) is 0.878. The topological polar surface area (TPSA) is 66.4 Å². The van der Waals surface area contributed by atoms with Gasteiger partial charge in [0, 0.05) is 12.1 Å². The predicted molar refractivity (Wildman–Crippen MR) is 75.9 cm³/mol. The van der Waals surface area contributed by atoms with E-state index in [1.54, 1.807) is 6.07 Å². The van der Waals surface area contributed by atoms with Crippen molar-refractivity contribution < 1.29 is 19.1 Å². The Balaban J connectivity index is 2.04. The first kappa shape index (κ1) is 15.0. The summed E-state index contributed by atoms with van der Waals surface area (Å²) >= 11 is 3.03. The molecular weight excluding hydrogens is 329 g/mol. The number of hydrogen-bond acceptors (Lipinski definition) is 2. The number of carboxylic acids is 1. The number of halogens is 2. The van der Waals surface area contributed by atoms with Crippen LogP contribution in [-0.2, 0) is 9.59 Å². The summed E-state index contributed by atoms with van der Waals surface area (Å²) in [5, 5.41) is 11.9. The summed E-state index contributed by atoms with van der Waals surface area (Å²) in [5.74, 6) is -1.79. The lowest BCUT2D eigenvalue weighted by molar-refractivity contribution is -0.150. The lowest BCUT2D eigenvalue weighted by atomic mass is 9.82. The summed E-state index contributed by atoms with van der Waals surface area (Å²) in [6.07, 6.45) is 2.62. The fraction of sp³-hybridized carbons (Fsp3) is 0.429. The minimum atomic E-state index is -0.960. The Morgan fingerprint density at radius 2 is 2.00 bits per heavy atom. The number of benzene rings is 1. The first-order chi connectivity index (χ1) is 9.43. The van der Waals surface area contributed by atoms with Crippen molar-refractivity contribution in [2.75, 3.05) is 5.32 Å². The summed E-state index contributed by atoms with van der Waals surface area (Å²) in [4.78, 5) is 23.3. The number of carbonyl (C=O) groups excluding carboxylic acids is 1. The maximum absolute atomic E-state index is 13.3. The number of amides is 1. The number of carbonyl (C=O) groups is 2. The maximum Gasteiger partial charge on any atom is 0.310 e. The van der Waals surface area contributed by atoms with Gasteiger partial charge in [-0.2, -0.15) is 0 Å². The zero-order valence-corrected chi connectivity index (χ0v) is 12.4. The van der Waals surface area contributed by atoms with E-state index in [9.17, 15) is 19.1 Å². The average molecular weight is 344 g/mol. The highest BCUT2D eigenvalue weighted by Gasteiger charge is 2.42. The van der Waals surface area contributed by atoms with E-state index >= 15 is 0 Å². The van der Waals surface area contributed by atoms with Crippen LogP contribution in [0.1, 0.15) is 32.1 Å². The van der Waals surface area contributed by atoms with E-state index in [1.165, 1.54) is 12.1 Å². The Morgan fingerprint density at radius 1 is 1.35 bits per heavy atom. The van der Waals surface area contributed by atoms with Crippen LogP contribution in [0.2, 0.25) is 0 Å². The number of aliphatic carboxylic acids is 1. The van der Waals surface area contributed by atoms with E-state index in [2.05, 4.69) is 21.2 Å². The predicted octanol–water partition coefficient (Wildman–Crippen LogP) is 3.56. The second-order valence-electron chi connectivity index (χ2n) is 5.15. The van der Waals surface area contributed by atoms with Gasteiger partial charge in [0.25, 0.3) is 0 Å². The van der Waals surface area contributed by atoms with Crippen molar-refractivity contribution >= 4 is 33.5 Å². The Labute approximate surface area is 124 Å². The van der Waals surface area contributed by atoms with Crippen LogP contribution < -0.4 is 5.32 Å². The summed E-state index contributed by atoms with van der Waals surface area (Å²) in [5.41, 5.74) is -0.632. The first-order valence-corrected chi connectivity index (χ1v) is 7.21. The molecule has 4 nitrogen and oxygen atoms in total. The van der Waals surface area contributed by atoms with Gasteiger partial charge in [0.1, 0.15) is 5.82 Å². The molecule has 0 spiro atoms. The van der Waals surface area contributed by atoms with Crippen molar-refractivity contribution in [1.29, 1.82) is 0 Å². The second kappa shape index (κ2) is 5.91. The Bertz CT molecular complexity index is 541. The van der Waals surface area contributed by atoms with Crippen LogP contribution in [0.15, 0.2) is 22.7 Å². The van der Waals surface area contributed by atoms with E-state index in [4.69, 9.17) is 0 Å². The van der Waals surface area contributed by atoms with Crippen molar-refractivity contribution in [1.82, 2.24) is 0 Å². The van der Waals surface area contributed by atoms with Crippen LogP contribution in [0, 0.1) is 11.2 Å². The molecule has 2 N–H and O–H groups in total. The number of hydrogen-bond donors (Lipinski definition) is 2. The molecule has 1 aliphatic carbocycles. The minimum absolute atomic E-state index is 0.0694. The Kier molecular flexibility index (Phi) is 4.42. The molecule has 1 aromatic rings. The highest BCUT2D eigenvalue weighted by Crippen LogP contribution is 2.41. The van der Waals surface area contributed by atoms with E-state index < -0.39 is 23.1 Å². The molecule has 0 unspecified atom stereocenters. The van der Waals surface area contributed by atoms with E-state index in [1.807, 2.05) is 0 Å². The molecule has 1 aromatic carbocycles. The zero-order valence-electron chi connectivity index (χ0n) is 10.8. The van der Waals surface area contributed by atoms with Crippen LogP contribution in [0.4, 0.5) is 10.1 Å². The maximum atomic E-state index is 13.3. The van der Waals surface area contributed by atoms with Crippen LogP contribution in [0.3, 0.4) is 0 Å². The fourth-order valence-corrected chi connectivity index (χ4v) is 2.85. The normalized spacial score (nSPS) is 16.9. The van der Waals surface area contributed by atoms with Gasteiger partial charge in [-0.3, -0.25) is 9.59 Å². The molecule has 0 saturated heterocycles. The molecule has 0 bridgehead atoms. The van der Waals surface area contributed by atoms with E-state index in [0.29, 0.717) is 23.0 Å². The summed E-state index contributed by atoms with van der Waals surface area (Å²) in [7, 11) is 0. The number of carboxylic acid groups (broad SMARTS) is 1. The molecule has 108 valence electrons. The molecule has 0 aliphatic heterocycles. The third kappa shape index (κ3) is 3.17. The summed E-state index contributed by atoms with van der Waals surface area (Å²) in [6.45, 7) is 0. The molecule has 1 amide bonds. The Morgan fingerprint density at radius 3 is 2.55 bits per heavy atom. The standard InChI is InChI=1S/C14H15BrFNO3/c15-10-4-3-9(7-11(10)16)17-12(18)8-14(13(19)20)5-1-2-6-14/h3-4,7H,1-2,5-6,8H2,(H,17,18)(H,19,20). The average Bonchev–Trinajstić information content (AvgIpc) is 2.83. The molecular formula is C14H15BrFNO3. The van der Waals surface area contributed by atoms with Gasteiger partial charge in [0.15, 0.2) is 0 Å². The van der Waals surface area contributed by atoms with E-state index in [0.717, 1.165) is 12.8 Å². The first-order valence-electron chi connectivity index (χ1n) is 6.41. The molecule has 2 rings (SSSR count). The van der Waals surface area contributed by atoms with Gasteiger partial charge in [-0.15, -0.1) is 0 Å². The SMILES string of the molecule is O=C(CC1(C(=O)O)CCCC1)Nc1ccc(Br)c(F)c1. The highest BCUT2D eigenvalue weighted by molar-refractivity contribution is 9.10. The zero-order chi connectivity index (χ0) is 14.8. The van der Waals surface area contributed by atoms with Gasteiger partial charge in [0.05, 0.1) is 9.89 Å². The van der Waals surface area contributed by atoms with Crippen molar-refractivity contribution in [2.45, 2.75) is 32.1 Å². The van der Waals surface area contributed by atoms with E-state index in [-0.39, 0.29) is 6.42 Å². The van der Waals surface area contributed by atoms with Crippen molar-refractivity contribution in [3.8, 4) is 0 Å². The van der Waals surface area contributed by atoms with Gasteiger partial charge in [0.2, 0.25) is 5.91 Å². The monoisotopic (exact) mass is 343 g/mol. The molecule has 20 heavy (non-hydrogen) atoms. The van der Waals surface area contributed by atoms with Crippen molar-refractivity contribution in [3.63, 3.8) is 0 Å². The third-order valence-corrected chi connectivity index (χ3v) is 4.36. The van der Waals surface area contributed by atoms with Gasteiger partial charge >= 0.3 is 5.97 Å². The lowest BCUT2D eigenvalue weighted by Gasteiger charge is -2.22. The van der Waals surface area contributed by atoms with Gasteiger partial charge < -0.3 is 10.4 Å². The molecule has 1 saturated carbocycles. The summed E-state index contributed by atoms with van der Waals surface area (Å²) < 4.78 is 13.7. The third-order valence-electron chi connectivity index (χ3n) is 3.72. The molecule has 0 radical (unpaired) electrons. The molecule has 0 aromatic heterocycles. The molecule has 0 atom stereocenters. The smallest absolute Gasteiger partial charge is 0.310 e. The van der Waals surface area contributed by atoms with Crippen LogP contribution >= 0.6 is 15.9 Å². The van der Waals surface area contributed by atoms with Crippen LogP contribution in [0.5, 0.6) is 0 Å². The summed E-state index contributed by atoms with van der Waals surface area (Å²) in [6, 6.07) is 4.25. The minimum Gasteiger partial charge on any atom is -0.481 e. The molecule has 6 heteroatoms. The van der Waals surface area contributed by atoms with Gasteiger partial charge in [-0.1, -0.05) is 12.8 Å². The van der Waals surface area contributed by atoms with Gasteiger partial charge in [-0.25, -0.2) is 4.39 Å². The van der Waals surface area contributed by atoms with Crippen LogP contribution in [-0.4, -0.2) is 17.0 Å². The number of anilines is 1. The van der Waals surface area contributed by atoms with Crippen LogP contribution in [0.25, 0.3) is 0 Å². The number of rotatable bonds is 4. The second-order valence-corrected chi connectivity index (χ2v) is 6.00. The fourth-order valence-electron chi connectivity index (χ4n) is 2.60. The molecule has 0 heterocycles. The van der Waals surface area contributed by atoms with Crippen molar-refractivity contribution in [2.24, 2.45) is 5.41 Å².